The Hall–Kier alpha value is -1.78. The maximum atomic E-state index is 13.6. The summed E-state index contributed by atoms with van der Waals surface area (Å²) in [6, 6.07) is 2.74. The molecule has 0 saturated carbocycles. The van der Waals surface area contributed by atoms with Crippen molar-refractivity contribution < 1.29 is 13.9 Å². The van der Waals surface area contributed by atoms with Crippen molar-refractivity contribution >= 4 is 17.7 Å². The molecule has 80 valence electrons. The minimum Gasteiger partial charge on any atom is -0.461 e. The van der Waals surface area contributed by atoms with Crippen molar-refractivity contribution in [2.75, 3.05) is 17.2 Å². The number of anilines is 2. The summed E-state index contributed by atoms with van der Waals surface area (Å²) < 4.78 is 18.8. The Morgan fingerprint density at radius 2 is 2.40 bits per heavy atom. The second-order valence-electron chi connectivity index (χ2n) is 3.28. The van der Waals surface area contributed by atoms with Gasteiger partial charge in [-0.05, 0) is 13.0 Å². The van der Waals surface area contributed by atoms with Crippen LogP contribution in [-0.4, -0.2) is 19.1 Å². The number of hydrogen-bond donors (Lipinski definition) is 1. The zero-order valence-electron chi connectivity index (χ0n) is 8.24. The number of carbonyl (C=O) groups excluding carboxylic acids is 1. The van der Waals surface area contributed by atoms with Crippen molar-refractivity contribution in [3.05, 3.63) is 17.9 Å². The molecule has 0 radical (unpaired) electrons. The van der Waals surface area contributed by atoms with Gasteiger partial charge in [-0.15, -0.1) is 0 Å². The first-order valence-electron chi connectivity index (χ1n) is 4.65. The van der Waals surface area contributed by atoms with Gasteiger partial charge in [0, 0.05) is 18.3 Å². The largest absolute Gasteiger partial charge is 0.461 e. The predicted molar refractivity (Wildman–Crippen MR) is 54.3 cm³/mol. The van der Waals surface area contributed by atoms with Crippen LogP contribution in [0.5, 0.6) is 5.75 Å². The molecule has 1 aliphatic heterocycles. The van der Waals surface area contributed by atoms with Gasteiger partial charge in [0.1, 0.15) is 5.69 Å². The fourth-order valence-corrected chi connectivity index (χ4v) is 1.72. The molecular weight excluding hydrogens is 199 g/mol. The summed E-state index contributed by atoms with van der Waals surface area (Å²) in [7, 11) is 0. The minimum absolute atomic E-state index is 0.286. The van der Waals surface area contributed by atoms with E-state index in [-0.39, 0.29) is 5.69 Å². The summed E-state index contributed by atoms with van der Waals surface area (Å²) in [6.07, 6.45) is -0.111. The van der Waals surface area contributed by atoms with Crippen molar-refractivity contribution in [1.29, 1.82) is 0 Å². The van der Waals surface area contributed by atoms with Crippen molar-refractivity contribution in [3.63, 3.8) is 0 Å². The van der Waals surface area contributed by atoms with Crippen LogP contribution >= 0.6 is 0 Å². The zero-order valence-corrected chi connectivity index (χ0v) is 8.24. The summed E-state index contributed by atoms with van der Waals surface area (Å²) in [5.74, 6) is -0.136. The lowest BCUT2D eigenvalue weighted by Gasteiger charge is -2.18. The van der Waals surface area contributed by atoms with Gasteiger partial charge < -0.3 is 15.4 Å². The van der Waals surface area contributed by atoms with E-state index in [4.69, 9.17) is 10.5 Å². The summed E-state index contributed by atoms with van der Waals surface area (Å²) in [5, 5.41) is 0. The number of nitrogens with two attached hydrogens (primary N) is 1. The maximum Gasteiger partial charge on any atom is 0.229 e. The molecule has 0 aromatic heterocycles. The first-order chi connectivity index (χ1) is 7.17. The molecule has 1 unspecified atom stereocenters. The van der Waals surface area contributed by atoms with E-state index < -0.39 is 12.0 Å². The molecule has 1 aliphatic rings. The van der Waals surface area contributed by atoms with Crippen LogP contribution in [0.3, 0.4) is 0 Å². The highest BCUT2D eigenvalue weighted by Gasteiger charge is 2.32. The van der Waals surface area contributed by atoms with Gasteiger partial charge in [-0.2, -0.15) is 0 Å². The number of nitrogen functional groups attached to an aromatic ring is 1. The molecule has 1 aromatic carbocycles. The van der Waals surface area contributed by atoms with Crippen LogP contribution in [0.15, 0.2) is 12.1 Å². The van der Waals surface area contributed by atoms with E-state index in [2.05, 4.69) is 0 Å². The Morgan fingerprint density at radius 1 is 1.67 bits per heavy atom. The predicted octanol–water partition coefficient (Wildman–Crippen LogP) is 1.15. The average molecular weight is 210 g/mol. The highest BCUT2D eigenvalue weighted by Crippen LogP contribution is 2.40. The smallest absolute Gasteiger partial charge is 0.229 e. The number of benzene rings is 1. The second-order valence-corrected chi connectivity index (χ2v) is 3.28. The highest BCUT2D eigenvalue weighted by molar-refractivity contribution is 5.75. The lowest BCUT2D eigenvalue weighted by atomic mass is 10.2. The molecule has 1 heterocycles. The summed E-state index contributed by atoms with van der Waals surface area (Å²) >= 11 is 0. The van der Waals surface area contributed by atoms with E-state index in [0.717, 1.165) is 0 Å². The number of hydrogen-bond acceptors (Lipinski definition) is 4. The molecule has 0 saturated heterocycles. The number of ether oxygens (including phenoxy) is 1. The molecule has 2 rings (SSSR count). The van der Waals surface area contributed by atoms with Gasteiger partial charge in [-0.1, -0.05) is 0 Å². The van der Waals surface area contributed by atoms with Crippen LogP contribution in [-0.2, 0) is 4.79 Å². The van der Waals surface area contributed by atoms with E-state index in [0.29, 0.717) is 24.3 Å². The van der Waals surface area contributed by atoms with Crippen molar-refractivity contribution in [2.45, 2.75) is 13.2 Å². The molecule has 0 bridgehead atoms. The summed E-state index contributed by atoms with van der Waals surface area (Å²) in [6.45, 7) is 2.32. The summed E-state index contributed by atoms with van der Waals surface area (Å²) in [4.78, 5) is 12.3. The second kappa shape index (κ2) is 3.42. The average Bonchev–Trinajstić information content (AvgIpc) is 2.55. The van der Waals surface area contributed by atoms with Crippen LogP contribution in [0.25, 0.3) is 0 Å². The molecule has 1 atom stereocenters. The van der Waals surface area contributed by atoms with Gasteiger partial charge in [-0.25, -0.2) is 4.39 Å². The molecule has 5 heteroatoms. The Kier molecular flexibility index (Phi) is 2.22. The molecule has 4 nitrogen and oxygen atoms in total. The molecule has 1 aromatic rings. The van der Waals surface area contributed by atoms with Gasteiger partial charge in [0.2, 0.25) is 6.23 Å². The highest BCUT2D eigenvalue weighted by atomic mass is 19.1. The SMILES string of the molecule is CCN1c2c(F)cc(N)cc2OC1C=O. The standard InChI is InChI=1S/C10H11FN2O2/c1-2-13-9(5-14)15-8-4-6(12)3-7(11)10(8)13/h3-5,9H,2,12H2,1H3. The number of rotatable bonds is 2. The molecule has 0 fully saturated rings. The van der Waals surface area contributed by atoms with Crippen LogP contribution in [0.1, 0.15) is 6.92 Å². The molecule has 0 aliphatic carbocycles. The molecule has 0 spiro atoms. The quantitative estimate of drug-likeness (QED) is 0.587. The third-order valence-electron chi connectivity index (χ3n) is 2.35. The topological polar surface area (TPSA) is 55.6 Å². The van der Waals surface area contributed by atoms with Crippen molar-refractivity contribution in [2.24, 2.45) is 0 Å². The maximum absolute atomic E-state index is 13.6. The summed E-state index contributed by atoms with van der Waals surface area (Å²) in [5.41, 5.74) is 6.07. The van der Waals surface area contributed by atoms with Crippen LogP contribution in [0.2, 0.25) is 0 Å². The number of likely N-dealkylation sites (N-methyl/N-ethyl adjacent to an activating group) is 1. The molecule has 0 amide bonds. The van der Waals surface area contributed by atoms with Gasteiger partial charge in [0.25, 0.3) is 0 Å². The fourth-order valence-electron chi connectivity index (χ4n) is 1.72. The van der Waals surface area contributed by atoms with E-state index in [9.17, 15) is 9.18 Å². The number of aldehydes is 1. The number of carbonyl (C=O) groups is 1. The van der Waals surface area contributed by atoms with E-state index in [1.165, 1.54) is 12.1 Å². The van der Waals surface area contributed by atoms with E-state index in [1.54, 1.807) is 4.90 Å². The van der Waals surface area contributed by atoms with Gasteiger partial charge in [0.15, 0.2) is 17.9 Å². The van der Waals surface area contributed by atoms with Gasteiger partial charge >= 0.3 is 0 Å². The van der Waals surface area contributed by atoms with Crippen molar-refractivity contribution in [1.82, 2.24) is 0 Å². The molecule has 2 N–H and O–H groups in total. The zero-order chi connectivity index (χ0) is 11.0. The Morgan fingerprint density at radius 3 is 3.00 bits per heavy atom. The number of halogens is 1. The third-order valence-corrected chi connectivity index (χ3v) is 2.35. The number of nitrogens with zero attached hydrogens (tertiary/aromatic N) is 1. The Bertz CT molecular complexity index is 409. The van der Waals surface area contributed by atoms with Crippen LogP contribution in [0.4, 0.5) is 15.8 Å². The third kappa shape index (κ3) is 1.40. The van der Waals surface area contributed by atoms with E-state index in [1.807, 2.05) is 6.92 Å². The molecular formula is C10H11FN2O2. The fraction of sp³-hybridized carbons (Fsp3) is 0.300. The minimum atomic E-state index is -0.749. The Balaban J connectivity index is 2.52. The van der Waals surface area contributed by atoms with Crippen molar-refractivity contribution in [3.8, 4) is 5.75 Å². The Labute approximate surface area is 86.4 Å². The number of fused-ring (bicyclic) bond motifs is 1. The van der Waals surface area contributed by atoms with Crippen LogP contribution < -0.4 is 15.4 Å². The van der Waals surface area contributed by atoms with Gasteiger partial charge in [-0.3, -0.25) is 4.79 Å². The lowest BCUT2D eigenvalue weighted by Crippen LogP contribution is -2.35. The van der Waals surface area contributed by atoms with Crippen LogP contribution in [0, 0.1) is 5.82 Å². The normalized spacial score (nSPS) is 18.5. The van der Waals surface area contributed by atoms with Gasteiger partial charge in [0.05, 0.1) is 0 Å². The first-order valence-corrected chi connectivity index (χ1v) is 4.65. The van der Waals surface area contributed by atoms with E-state index >= 15 is 0 Å². The first kappa shape index (κ1) is 9.76. The monoisotopic (exact) mass is 210 g/mol. The lowest BCUT2D eigenvalue weighted by molar-refractivity contribution is -0.113. The molecule has 15 heavy (non-hydrogen) atoms.